The van der Waals surface area contributed by atoms with Crippen LogP contribution < -0.4 is 0 Å². The molecule has 5 heteroatoms. The van der Waals surface area contributed by atoms with E-state index in [-0.39, 0.29) is 0 Å². The van der Waals surface area contributed by atoms with Crippen LogP contribution in [0.4, 0.5) is 0 Å². The first kappa shape index (κ1) is 8.84. The number of hydrogen-bond donors (Lipinski definition) is 0. The molecule has 1 rings (SSSR count). The molecule has 0 amide bonds. The number of rotatable bonds is 4. The fourth-order valence-corrected chi connectivity index (χ4v) is 0.760. The standard InChI is InChI=1S/C7H12BN4/c1-3-5-9-11(2)8-12-7-4-6-10-12/h4-7H,3H2,1-2H3/b9-5-. The summed E-state index contributed by atoms with van der Waals surface area (Å²) in [5, 5.41) is 8.12. The molecule has 1 aromatic rings. The summed E-state index contributed by atoms with van der Waals surface area (Å²) in [5.41, 5.74) is 0. The Kier molecular flexibility index (Phi) is 3.38. The normalized spacial score (nSPS) is 10.5. The highest BCUT2D eigenvalue weighted by molar-refractivity contribution is 6.29. The summed E-state index contributed by atoms with van der Waals surface area (Å²) < 4.78 is 1.70. The second-order valence-corrected chi connectivity index (χ2v) is 2.38. The molecule has 0 aromatic carbocycles. The Hall–Kier alpha value is -1.26. The Balaban J connectivity index is 2.36. The molecular weight excluding hydrogens is 151 g/mol. The predicted octanol–water partition coefficient (Wildman–Crippen LogP) is 0.593. The predicted molar refractivity (Wildman–Crippen MR) is 49.9 cm³/mol. The van der Waals surface area contributed by atoms with Crippen molar-refractivity contribution in [2.24, 2.45) is 5.10 Å². The molecule has 0 unspecified atom stereocenters. The zero-order valence-corrected chi connectivity index (χ0v) is 7.38. The Morgan fingerprint density at radius 1 is 1.75 bits per heavy atom. The third-order valence-electron chi connectivity index (χ3n) is 1.26. The van der Waals surface area contributed by atoms with Gasteiger partial charge in [-0.15, -0.1) is 0 Å². The second-order valence-electron chi connectivity index (χ2n) is 2.38. The summed E-state index contributed by atoms with van der Waals surface area (Å²) in [4.78, 5) is 1.72. The molecule has 1 heterocycles. The molecule has 0 bridgehead atoms. The number of hydrazone groups is 1. The highest BCUT2D eigenvalue weighted by Gasteiger charge is 1.98. The molecule has 0 spiro atoms. The van der Waals surface area contributed by atoms with Crippen molar-refractivity contribution in [3.63, 3.8) is 0 Å². The van der Waals surface area contributed by atoms with Crippen molar-refractivity contribution in [1.29, 1.82) is 0 Å². The van der Waals surface area contributed by atoms with E-state index in [9.17, 15) is 0 Å². The summed E-state index contributed by atoms with van der Waals surface area (Å²) in [6, 6.07) is 1.87. The van der Waals surface area contributed by atoms with Crippen molar-refractivity contribution in [3.05, 3.63) is 18.5 Å². The summed E-state index contributed by atoms with van der Waals surface area (Å²) in [5.74, 6) is 0. The van der Waals surface area contributed by atoms with E-state index in [0.29, 0.717) is 0 Å². The van der Waals surface area contributed by atoms with Gasteiger partial charge < -0.3 is 4.92 Å². The SMILES string of the molecule is CC/C=N\N(C)[B]n1cccn1. The minimum absolute atomic E-state index is 0.942. The fourth-order valence-electron chi connectivity index (χ4n) is 0.760. The van der Waals surface area contributed by atoms with E-state index in [2.05, 4.69) is 10.2 Å². The average molecular weight is 163 g/mol. The van der Waals surface area contributed by atoms with Gasteiger partial charge in [-0.2, -0.15) is 5.10 Å². The van der Waals surface area contributed by atoms with E-state index < -0.39 is 0 Å². The van der Waals surface area contributed by atoms with Gasteiger partial charge in [-0.1, -0.05) is 6.92 Å². The largest absolute Gasteiger partial charge is 0.432 e. The molecule has 0 saturated heterocycles. The zero-order chi connectivity index (χ0) is 8.81. The van der Waals surface area contributed by atoms with Crippen molar-refractivity contribution in [2.45, 2.75) is 13.3 Å². The van der Waals surface area contributed by atoms with Gasteiger partial charge in [0.1, 0.15) is 0 Å². The topological polar surface area (TPSA) is 33.4 Å². The molecule has 1 radical (unpaired) electrons. The third-order valence-corrected chi connectivity index (χ3v) is 1.26. The maximum absolute atomic E-state index is 4.11. The molecule has 12 heavy (non-hydrogen) atoms. The van der Waals surface area contributed by atoms with Crippen LogP contribution in [-0.4, -0.2) is 35.4 Å². The molecule has 1 aromatic heterocycles. The van der Waals surface area contributed by atoms with Crippen molar-refractivity contribution < 1.29 is 0 Å². The van der Waals surface area contributed by atoms with Gasteiger partial charge in [-0.25, -0.2) is 5.10 Å². The first-order chi connectivity index (χ1) is 5.83. The van der Waals surface area contributed by atoms with Crippen LogP contribution in [0.15, 0.2) is 23.6 Å². The van der Waals surface area contributed by atoms with Crippen molar-refractivity contribution in [3.8, 4) is 0 Å². The van der Waals surface area contributed by atoms with Gasteiger partial charge in [-0.3, -0.25) is 4.59 Å². The highest BCUT2D eigenvalue weighted by atomic mass is 15.4. The molecule has 0 atom stereocenters. The zero-order valence-electron chi connectivity index (χ0n) is 7.38. The lowest BCUT2D eigenvalue weighted by Crippen LogP contribution is -2.24. The molecule has 0 N–H and O–H groups in total. The van der Waals surface area contributed by atoms with Crippen LogP contribution >= 0.6 is 0 Å². The molecule has 0 aliphatic heterocycles. The summed E-state index contributed by atoms with van der Waals surface area (Å²) >= 11 is 0. The molecule has 4 nitrogen and oxygen atoms in total. The van der Waals surface area contributed by atoms with Crippen LogP contribution in [0.3, 0.4) is 0 Å². The Morgan fingerprint density at radius 2 is 2.58 bits per heavy atom. The molecule has 0 saturated carbocycles. The van der Waals surface area contributed by atoms with Crippen LogP contribution in [-0.2, 0) is 0 Å². The van der Waals surface area contributed by atoms with Gasteiger partial charge in [0.15, 0.2) is 0 Å². The summed E-state index contributed by atoms with van der Waals surface area (Å²) in [6.45, 7) is 2.05. The summed E-state index contributed by atoms with van der Waals surface area (Å²) in [7, 11) is 3.67. The number of hydrogen-bond acceptors (Lipinski definition) is 3. The van der Waals surface area contributed by atoms with E-state index in [1.54, 1.807) is 23.3 Å². The van der Waals surface area contributed by atoms with E-state index in [0.717, 1.165) is 6.42 Å². The maximum Gasteiger partial charge on any atom is 0.432 e. The van der Waals surface area contributed by atoms with Gasteiger partial charge in [0.2, 0.25) is 0 Å². The minimum atomic E-state index is 0.942. The van der Waals surface area contributed by atoms with Gasteiger partial charge in [0.25, 0.3) is 0 Å². The molecule has 0 aliphatic carbocycles. The van der Waals surface area contributed by atoms with Crippen LogP contribution in [0.25, 0.3) is 0 Å². The van der Waals surface area contributed by atoms with Crippen molar-refractivity contribution in [2.75, 3.05) is 7.05 Å². The second kappa shape index (κ2) is 4.59. The lowest BCUT2D eigenvalue weighted by atomic mass is 10.2. The van der Waals surface area contributed by atoms with Crippen LogP contribution in [0.2, 0.25) is 0 Å². The smallest absolute Gasteiger partial charge is 0.321 e. The van der Waals surface area contributed by atoms with Gasteiger partial charge in [0, 0.05) is 25.7 Å². The Morgan fingerprint density at radius 3 is 3.17 bits per heavy atom. The van der Waals surface area contributed by atoms with Gasteiger partial charge >= 0.3 is 7.55 Å². The third kappa shape index (κ3) is 2.78. The molecule has 0 aliphatic rings. The van der Waals surface area contributed by atoms with Gasteiger partial charge in [0.05, 0.1) is 0 Å². The van der Waals surface area contributed by atoms with Crippen molar-refractivity contribution in [1.82, 2.24) is 14.6 Å². The minimum Gasteiger partial charge on any atom is -0.321 e. The molecule has 63 valence electrons. The number of aromatic nitrogens is 2. The van der Waals surface area contributed by atoms with Gasteiger partial charge in [-0.05, 0) is 12.5 Å². The fraction of sp³-hybridized carbons (Fsp3) is 0.429. The first-order valence-corrected chi connectivity index (χ1v) is 3.92. The maximum atomic E-state index is 4.11. The number of nitrogens with zero attached hydrogens (tertiary/aromatic N) is 4. The monoisotopic (exact) mass is 163 g/mol. The van der Waals surface area contributed by atoms with Crippen LogP contribution in [0, 0.1) is 0 Å². The lowest BCUT2D eigenvalue weighted by Gasteiger charge is -2.09. The quantitative estimate of drug-likeness (QED) is 0.369. The van der Waals surface area contributed by atoms with E-state index in [1.165, 1.54) is 0 Å². The Bertz CT molecular complexity index is 232. The van der Waals surface area contributed by atoms with E-state index >= 15 is 0 Å². The first-order valence-electron chi connectivity index (χ1n) is 3.92. The lowest BCUT2D eigenvalue weighted by molar-refractivity contribution is 0.563. The van der Waals surface area contributed by atoms with E-state index in [1.807, 2.05) is 32.4 Å². The Labute approximate surface area is 73.2 Å². The van der Waals surface area contributed by atoms with E-state index in [4.69, 9.17) is 0 Å². The highest BCUT2D eigenvalue weighted by Crippen LogP contribution is 1.84. The molecule has 0 fully saturated rings. The van der Waals surface area contributed by atoms with Crippen LogP contribution in [0.5, 0.6) is 0 Å². The summed E-state index contributed by atoms with van der Waals surface area (Å²) in [6.07, 6.45) is 6.38. The van der Waals surface area contributed by atoms with Crippen molar-refractivity contribution >= 4 is 13.8 Å². The average Bonchev–Trinajstić information content (AvgIpc) is 2.53. The molecular formula is C7H12BN4. The van der Waals surface area contributed by atoms with Crippen LogP contribution in [0.1, 0.15) is 13.3 Å².